The van der Waals surface area contributed by atoms with Crippen LogP contribution >= 0.6 is 15.9 Å². The summed E-state index contributed by atoms with van der Waals surface area (Å²) in [6, 6.07) is 15.3. The van der Waals surface area contributed by atoms with Gasteiger partial charge in [0.25, 0.3) is 5.91 Å². The molecule has 27 heavy (non-hydrogen) atoms. The maximum Gasteiger partial charge on any atom is 0.261 e. The van der Waals surface area contributed by atoms with Crippen LogP contribution in [0.3, 0.4) is 0 Å². The highest BCUT2D eigenvalue weighted by atomic mass is 79.9. The predicted octanol–water partition coefficient (Wildman–Crippen LogP) is 5.42. The predicted molar refractivity (Wildman–Crippen MR) is 110 cm³/mol. The number of hydrogen-bond acceptors (Lipinski definition) is 3. The Hall–Kier alpha value is -2.01. The number of carbonyl (C=O) groups is 1. The Morgan fingerprint density at radius 3 is 2.56 bits per heavy atom. The molecular formula is C22H26BrNO3. The number of benzene rings is 2. The number of amides is 1. The standard InChI is InChI=1S/C22H26BrNO3/c1-4-22(5-2)14-19(18-8-6-7-9-20(18)27-22)24-21(25)15(3)26-17-12-10-16(23)11-13-17/h6-13,15,19H,4-5,14H2,1-3H3,(H,24,25). The van der Waals surface area contributed by atoms with E-state index in [1.807, 2.05) is 48.5 Å². The van der Waals surface area contributed by atoms with Gasteiger partial charge in [0, 0.05) is 16.5 Å². The molecule has 144 valence electrons. The minimum absolute atomic E-state index is 0.0849. The van der Waals surface area contributed by atoms with Crippen LogP contribution in [0.4, 0.5) is 0 Å². The van der Waals surface area contributed by atoms with Gasteiger partial charge in [-0.2, -0.15) is 0 Å². The fourth-order valence-electron chi connectivity index (χ4n) is 3.49. The number of hydrogen-bond donors (Lipinski definition) is 1. The molecule has 4 nitrogen and oxygen atoms in total. The van der Waals surface area contributed by atoms with Gasteiger partial charge in [-0.1, -0.05) is 48.0 Å². The van der Waals surface area contributed by atoms with E-state index in [1.165, 1.54) is 0 Å². The van der Waals surface area contributed by atoms with E-state index in [2.05, 4.69) is 35.1 Å². The minimum atomic E-state index is -0.584. The second-order valence-electron chi connectivity index (χ2n) is 7.01. The van der Waals surface area contributed by atoms with Crippen LogP contribution in [0.2, 0.25) is 0 Å². The van der Waals surface area contributed by atoms with Crippen LogP contribution in [0.15, 0.2) is 53.0 Å². The number of para-hydroxylation sites is 1. The molecule has 1 amide bonds. The second kappa shape index (κ2) is 8.34. The first kappa shape index (κ1) is 19.7. The fraction of sp³-hybridized carbons (Fsp3) is 0.409. The summed E-state index contributed by atoms with van der Waals surface area (Å²) in [5.41, 5.74) is 0.779. The summed E-state index contributed by atoms with van der Waals surface area (Å²) in [4.78, 5) is 12.8. The van der Waals surface area contributed by atoms with Gasteiger partial charge in [0.1, 0.15) is 17.1 Å². The molecule has 0 radical (unpaired) electrons. The summed E-state index contributed by atoms with van der Waals surface area (Å²) >= 11 is 3.40. The Morgan fingerprint density at radius 2 is 1.89 bits per heavy atom. The minimum Gasteiger partial charge on any atom is -0.487 e. The molecule has 2 aromatic rings. The van der Waals surface area contributed by atoms with Gasteiger partial charge in [-0.25, -0.2) is 0 Å². The summed E-state index contributed by atoms with van der Waals surface area (Å²) in [6.07, 6.45) is 1.97. The van der Waals surface area contributed by atoms with Gasteiger partial charge in [0.2, 0.25) is 0 Å². The van der Waals surface area contributed by atoms with E-state index in [4.69, 9.17) is 9.47 Å². The first-order valence-corrected chi connectivity index (χ1v) is 10.3. The lowest BCUT2D eigenvalue weighted by atomic mass is 9.83. The highest BCUT2D eigenvalue weighted by Gasteiger charge is 2.39. The lowest BCUT2D eigenvalue weighted by molar-refractivity contribution is -0.128. The van der Waals surface area contributed by atoms with Gasteiger partial charge < -0.3 is 14.8 Å². The van der Waals surface area contributed by atoms with Crippen molar-refractivity contribution in [3.63, 3.8) is 0 Å². The smallest absolute Gasteiger partial charge is 0.261 e. The fourth-order valence-corrected chi connectivity index (χ4v) is 3.75. The van der Waals surface area contributed by atoms with E-state index in [-0.39, 0.29) is 17.6 Å². The Morgan fingerprint density at radius 1 is 1.22 bits per heavy atom. The van der Waals surface area contributed by atoms with Crippen LogP contribution < -0.4 is 14.8 Å². The Labute approximate surface area is 169 Å². The van der Waals surface area contributed by atoms with Gasteiger partial charge in [-0.3, -0.25) is 4.79 Å². The van der Waals surface area contributed by atoms with E-state index in [9.17, 15) is 4.79 Å². The number of fused-ring (bicyclic) bond motifs is 1. The Balaban J connectivity index is 1.74. The molecule has 1 N–H and O–H groups in total. The van der Waals surface area contributed by atoms with Crippen LogP contribution in [0.5, 0.6) is 11.5 Å². The van der Waals surface area contributed by atoms with Crippen molar-refractivity contribution in [1.82, 2.24) is 5.32 Å². The molecule has 1 heterocycles. The maximum atomic E-state index is 12.8. The van der Waals surface area contributed by atoms with Crippen molar-refractivity contribution in [3.8, 4) is 11.5 Å². The summed E-state index contributed by atoms with van der Waals surface area (Å²) in [7, 11) is 0. The molecule has 1 aliphatic rings. The molecule has 2 atom stereocenters. The van der Waals surface area contributed by atoms with Crippen LogP contribution in [-0.2, 0) is 4.79 Å². The van der Waals surface area contributed by atoms with Crippen LogP contribution in [-0.4, -0.2) is 17.6 Å². The highest BCUT2D eigenvalue weighted by Crippen LogP contribution is 2.42. The normalized spacial score (nSPS) is 18.7. The monoisotopic (exact) mass is 431 g/mol. The number of ether oxygens (including phenoxy) is 2. The first-order chi connectivity index (χ1) is 13.0. The average molecular weight is 432 g/mol. The lowest BCUT2D eigenvalue weighted by Gasteiger charge is -2.41. The van der Waals surface area contributed by atoms with E-state index in [0.29, 0.717) is 5.75 Å². The molecule has 0 bridgehead atoms. The van der Waals surface area contributed by atoms with Crippen LogP contribution in [0.25, 0.3) is 0 Å². The van der Waals surface area contributed by atoms with Crippen molar-refractivity contribution < 1.29 is 14.3 Å². The molecular weight excluding hydrogens is 406 g/mol. The van der Waals surface area contributed by atoms with Gasteiger partial charge in [-0.05, 0) is 50.1 Å². The topological polar surface area (TPSA) is 47.6 Å². The van der Waals surface area contributed by atoms with Gasteiger partial charge in [0.05, 0.1) is 6.04 Å². The quantitative estimate of drug-likeness (QED) is 0.664. The van der Waals surface area contributed by atoms with E-state index < -0.39 is 6.10 Å². The van der Waals surface area contributed by atoms with Crippen molar-refractivity contribution in [2.24, 2.45) is 0 Å². The molecule has 3 rings (SSSR count). The number of halogens is 1. The molecule has 5 heteroatoms. The maximum absolute atomic E-state index is 12.8. The molecule has 2 unspecified atom stereocenters. The summed E-state index contributed by atoms with van der Waals surface area (Å²) in [5, 5.41) is 3.18. The molecule has 0 spiro atoms. The zero-order valence-electron chi connectivity index (χ0n) is 16.0. The van der Waals surface area contributed by atoms with E-state index in [1.54, 1.807) is 6.92 Å². The zero-order valence-corrected chi connectivity index (χ0v) is 17.6. The zero-order chi connectivity index (χ0) is 19.4. The highest BCUT2D eigenvalue weighted by molar-refractivity contribution is 9.10. The average Bonchev–Trinajstić information content (AvgIpc) is 2.69. The number of nitrogens with one attached hydrogen (secondary N) is 1. The molecule has 0 aliphatic carbocycles. The number of rotatable bonds is 6. The first-order valence-electron chi connectivity index (χ1n) is 9.47. The molecule has 0 fully saturated rings. The van der Waals surface area contributed by atoms with E-state index in [0.717, 1.165) is 35.0 Å². The molecule has 1 aliphatic heterocycles. The number of carbonyl (C=O) groups excluding carboxylic acids is 1. The third-order valence-corrected chi connectivity index (χ3v) is 5.83. The van der Waals surface area contributed by atoms with Crippen molar-refractivity contribution in [2.45, 2.75) is 57.8 Å². The summed E-state index contributed by atoms with van der Waals surface area (Å²) in [5.74, 6) is 1.41. The molecule has 2 aromatic carbocycles. The van der Waals surface area contributed by atoms with Crippen molar-refractivity contribution in [1.29, 1.82) is 0 Å². The SMILES string of the molecule is CCC1(CC)CC(NC(=O)C(C)Oc2ccc(Br)cc2)c2ccccc2O1. The van der Waals surface area contributed by atoms with Crippen LogP contribution in [0, 0.1) is 0 Å². The Kier molecular flexibility index (Phi) is 6.10. The molecule has 0 saturated carbocycles. The van der Waals surface area contributed by atoms with Crippen molar-refractivity contribution in [2.75, 3.05) is 0 Å². The van der Waals surface area contributed by atoms with Crippen LogP contribution in [0.1, 0.15) is 51.6 Å². The van der Waals surface area contributed by atoms with Crippen molar-refractivity contribution >= 4 is 21.8 Å². The largest absolute Gasteiger partial charge is 0.487 e. The van der Waals surface area contributed by atoms with Gasteiger partial charge in [0.15, 0.2) is 6.10 Å². The van der Waals surface area contributed by atoms with Gasteiger partial charge >= 0.3 is 0 Å². The lowest BCUT2D eigenvalue weighted by Crippen LogP contribution is -2.46. The molecule has 0 saturated heterocycles. The van der Waals surface area contributed by atoms with E-state index >= 15 is 0 Å². The second-order valence-corrected chi connectivity index (χ2v) is 7.92. The summed E-state index contributed by atoms with van der Waals surface area (Å²) < 4.78 is 13.1. The van der Waals surface area contributed by atoms with Gasteiger partial charge in [-0.15, -0.1) is 0 Å². The van der Waals surface area contributed by atoms with Crippen molar-refractivity contribution in [3.05, 3.63) is 58.6 Å². The Bertz CT molecular complexity index is 786. The third-order valence-electron chi connectivity index (χ3n) is 5.30. The molecule has 0 aromatic heterocycles. The third kappa shape index (κ3) is 4.46. The summed E-state index contributed by atoms with van der Waals surface area (Å²) in [6.45, 7) is 6.04.